The zero-order chi connectivity index (χ0) is 45.6. The number of carbonyl (C=O) groups is 4. The molecule has 4 N–H and O–H groups in total. The number of imidazole rings is 2. The molecule has 4 unspecified atom stereocenters. The average Bonchev–Trinajstić information content (AvgIpc) is 4.17. The number of likely N-dealkylation sites (tertiary alicyclic amines) is 2. The summed E-state index contributed by atoms with van der Waals surface area (Å²) in [5, 5.41) is 5.46. The Bertz CT molecular complexity index is 2410. The van der Waals surface area contributed by atoms with Crippen LogP contribution in [0.3, 0.4) is 0 Å². The molecule has 346 valence electrons. The van der Waals surface area contributed by atoms with Gasteiger partial charge in [0.05, 0.1) is 69.8 Å². The van der Waals surface area contributed by atoms with Gasteiger partial charge in [-0.1, -0.05) is 76.9 Å². The molecule has 4 aromatic rings. The van der Waals surface area contributed by atoms with E-state index in [1.165, 1.54) is 56.6 Å². The minimum atomic E-state index is -0.936. The Kier molecular flexibility index (Phi) is 12.3. The number of fused-ring (bicyclic) bond motifs is 1. The van der Waals surface area contributed by atoms with Gasteiger partial charge < -0.3 is 49.3 Å². The molecule has 2 aromatic carbocycles. The summed E-state index contributed by atoms with van der Waals surface area (Å²) in [7, 11) is 2.59. The molecule has 1 saturated carbocycles. The van der Waals surface area contributed by atoms with Gasteiger partial charge in [0.25, 0.3) is 0 Å². The van der Waals surface area contributed by atoms with Crippen LogP contribution in [0, 0.1) is 17.3 Å². The highest BCUT2D eigenvalue weighted by Gasteiger charge is 2.53. The fourth-order valence-electron chi connectivity index (χ4n) is 11.1. The van der Waals surface area contributed by atoms with Gasteiger partial charge in [0.2, 0.25) is 11.8 Å². The van der Waals surface area contributed by atoms with Gasteiger partial charge in [0.15, 0.2) is 5.79 Å². The molecule has 2 aliphatic carbocycles. The molecule has 0 radical (unpaired) electrons. The topological polar surface area (TPSA) is 193 Å². The zero-order valence-corrected chi connectivity index (χ0v) is 38.3. The molecule has 16 heteroatoms. The summed E-state index contributed by atoms with van der Waals surface area (Å²) < 4.78 is 21.8. The first-order chi connectivity index (χ1) is 31.3. The number of aromatic amines is 2. The van der Waals surface area contributed by atoms with Crippen molar-refractivity contribution in [1.29, 1.82) is 0 Å². The van der Waals surface area contributed by atoms with Crippen molar-refractivity contribution < 1.29 is 38.1 Å². The number of ether oxygens (including phenoxy) is 4. The fourth-order valence-corrected chi connectivity index (χ4v) is 11.1. The van der Waals surface area contributed by atoms with Gasteiger partial charge in [-0.3, -0.25) is 9.59 Å². The van der Waals surface area contributed by atoms with Gasteiger partial charge in [-0.15, -0.1) is 0 Å². The van der Waals surface area contributed by atoms with E-state index in [1.807, 2.05) is 38.8 Å². The highest BCUT2D eigenvalue weighted by Crippen LogP contribution is 2.53. The lowest BCUT2D eigenvalue weighted by Crippen LogP contribution is -2.52. The van der Waals surface area contributed by atoms with Crippen molar-refractivity contribution in [1.82, 2.24) is 40.4 Å². The lowest BCUT2D eigenvalue weighted by atomic mass is 9.82. The van der Waals surface area contributed by atoms with Gasteiger partial charge in [0.1, 0.15) is 23.7 Å². The second kappa shape index (κ2) is 17.9. The molecule has 65 heavy (non-hydrogen) atoms. The zero-order valence-electron chi connectivity index (χ0n) is 38.3. The maximum Gasteiger partial charge on any atom is 0.407 e. The Hall–Kier alpha value is -5.74. The van der Waals surface area contributed by atoms with Crippen LogP contribution in [0.5, 0.6) is 0 Å². The SMILES string of the molecule is COC(=O)NC(C(=O)N1CC2(CC1c1ncc(-c3ccc(-c4ccc(-c5cnc(C6CCCN6C(=O)C(NC(=O)OC)C(C)C)[nH]5)c5c4CC4(CCCC4)C5)cc3)[nH]1)OCCO2)C(C)C. The molecule has 4 fully saturated rings. The number of aromatic nitrogens is 4. The third kappa shape index (κ3) is 8.50. The van der Waals surface area contributed by atoms with E-state index in [0.717, 1.165) is 59.6 Å². The maximum absolute atomic E-state index is 14.1. The summed E-state index contributed by atoms with van der Waals surface area (Å²) in [6, 6.07) is 10.9. The average molecular weight is 891 g/mol. The van der Waals surface area contributed by atoms with Crippen LogP contribution in [0.1, 0.15) is 108 Å². The normalized spacial score (nSPS) is 21.7. The van der Waals surface area contributed by atoms with E-state index < -0.39 is 36.1 Å². The van der Waals surface area contributed by atoms with Crippen LogP contribution in [0.25, 0.3) is 33.6 Å². The van der Waals surface area contributed by atoms with Gasteiger partial charge in [-0.05, 0) is 83.6 Å². The van der Waals surface area contributed by atoms with E-state index in [9.17, 15) is 19.2 Å². The van der Waals surface area contributed by atoms with Crippen molar-refractivity contribution in [2.75, 3.05) is 40.5 Å². The van der Waals surface area contributed by atoms with E-state index >= 15 is 0 Å². The van der Waals surface area contributed by atoms with Gasteiger partial charge in [-0.25, -0.2) is 19.6 Å². The number of alkyl carbamates (subject to hydrolysis) is 2. The first-order valence-corrected chi connectivity index (χ1v) is 23.2. The molecule has 3 saturated heterocycles. The number of hydrogen-bond acceptors (Lipinski definition) is 10. The molecular weight excluding hydrogens is 829 g/mol. The standard InChI is InChI=1S/C49H62N8O8/c1-28(2)40(54-46(60)62-5)44(58)56-19-9-10-38(56)42-51-26-37(53-42)33-16-15-32(34-22-48(23-35(33)34)17-7-8-18-48)30-11-13-31(14-12-30)36-25-50-43(52-36)39-24-49(64-20-21-65-49)27-57(39)45(59)41(29(3)4)55-47(61)63-6/h11-16,25-26,28-29,38-41H,7-10,17-24,27H2,1-6H3,(H,50,52)(H,51,53)(H,54,60)(H,55,61). The van der Waals surface area contributed by atoms with E-state index in [2.05, 4.69) is 57.0 Å². The lowest BCUT2D eigenvalue weighted by molar-refractivity contribution is -0.153. The second-order valence-corrected chi connectivity index (χ2v) is 19.3. The minimum Gasteiger partial charge on any atom is -0.453 e. The smallest absolute Gasteiger partial charge is 0.407 e. The lowest BCUT2D eigenvalue weighted by Gasteiger charge is -2.30. The summed E-state index contributed by atoms with van der Waals surface area (Å²) in [5.41, 5.74) is 9.28. The highest BCUT2D eigenvalue weighted by molar-refractivity contribution is 5.87. The van der Waals surface area contributed by atoms with E-state index in [1.54, 1.807) is 11.1 Å². The van der Waals surface area contributed by atoms with Crippen molar-refractivity contribution in [3.8, 4) is 33.6 Å². The van der Waals surface area contributed by atoms with Crippen molar-refractivity contribution in [3.05, 3.63) is 71.6 Å². The Morgan fingerprint density at radius 3 is 1.86 bits per heavy atom. The van der Waals surface area contributed by atoms with Crippen LogP contribution >= 0.6 is 0 Å². The molecule has 4 atom stereocenters. The number of methoxy groups -OCH3 is 2. The molecular formula is C49H62N8O8. The predicted octanol–water partition coefficient (Wildman–Crippen LogP) is 7.23. The Labute approximate surface area is 379 Å². The Balaban J connectivity index is 0.969. The summed E-state index contributed by atoms with van der Waals surface area (Å²) in [6.07, 6.45) is 11.5. The first-order valence-electron chi connectivity index (χ1n) is 23.2. The minimum absolute atomic E-state index is 0.112. The number of hydrogen-bond donors (Lipinski definition) is 4. The summed E-state index contributed by atoms with van der Waals surface area (Å²) in [5.74, 6) is -0.235. The summed E-state index contributed by atoms with van der Waals surface area (Å²) in [4.78, 5) is 72.8. The molecule has 3 aliphatic heterocycles. The van der Waals surface area contributed by atoms with E-state index in [0.29, 0.717) is 32.0 Å². The van der Waals surface area contributed by atoms with Crippen LogP contribution in [0.4, 0.5) is 9.59 Å². The molecule has 2 spiro atoms. The van der Waals surface area contributed by atoms with Crippen molar-refractivity contribution >= 4 is 24.0 Å². The number of carbonyl (C=O) groups excluding carboxylic acids is 4. The third-order valence-corrected chi connectivity index (χ3v) is 14.5. The number of nitrogens with zero attached hydrogens (tertiary/aromatic N) is 4. The van der Waals surface area contributed by atoms with Crippen LogP contribution < -0.4 is 10.6 Å². The van der Waals surface area contributed by atoms with E-state index in [-0.39, 0.29) is 41.7 Å². The maximum atomic E-state index is 14.1. The highest BCUT2D eigenvalue weighted by atomic mass is 16.7. The third-order valence-electron chi connectivity index (χ3n) is 14.5. The number of benzene rings is 2. The number of H-pyrrole nitrogens is 2. The summed E-state index contributed by atoms with van der Waals surface area (Å²) >= 11 is 0. The predicted molar refractivity (Wildman–Crippen MR) is 241 cm³/mol. The molecule has 0 bridgehead atoms. The van der Waals surface area contributed by atoms with Crippen molar-refractivity contribution in [2.45, 2.75) is 115 Å². The molecule has 5 aliphatic rings. The molecule has 5 heterocycles. The molecule has 9 rings (SSSR count). The van der Waals surface area contributed by atoms with Crippen LogP contribution in [-0.2, 0) is 41.4 Å². The number of rotatable bonds is 11. The fraction of sp³-hybridized carbons (Fsp3) is 0.551. The molecule has 16 nitrogen and oxygen atoms in total. The van der Waals surface area contributed by atoms with Gasteiger partial charge >= 0.3 is 12.2 Å². The monoisotopic (exact) mass is 890 g/mol. The van der Waals surface area contributed by atoms with Crippen molar-refractivity contribution in [2.24, 2.45) is 17.3 Å². The van der Waals surface area contributed by atoms with Crippen molar-refractivity contribution in [3.63, 3.8) is 0 Å². The number of nitrogens with one attached hydrogen (secondary N) is 4. The molecule has 2 aromatic heterocycles. The second-order valence-electron chi connectivity index (χ2n) is 19.3. The molecule has 4 amide bonds. The quantitative estimate of drug-likeness (QED) is 0.119. The Morgan fingerprint density at radius 2 is 1.25 bits per heavy atom. The first kappa shape index (κ1) is 44.5. The van der Waals surface area contributed by atoms with Gasteiger partial charge in [0, 0.05) is 18.5 Å². The van der Waals surface area contributed by atoms with Crippen LogP contribution in [-0.4, -0.2) is 112 Å². The largest absolute Gasteiger partial charge is 0.453 e. The number of amides is 4. The van der Waals surface area contributed by atoms with E-state index in [4.69, 9.17) is 28.9 Å². The van der Waals surface area contributed by atoms with Gasteiger partial charge in [-0.2, -0.15) is 0 Å². The Morgan fingerprint density at radius 1 is 0.708 bits per heavy atom. The summed E-state index contributed by atoms with van der Waals surface area (Å²) in [6.45, 7) is 9.31. The van der Waals surface area contributed by atoms with Crippen LogP contribution in [0.15, 0.2) is 48.8 Å². The van der Waals surface area contributed by atoms with Crippen LogP contribution in [0.2, 0.25) is 0 Å².